The van der Waals surface area contributed by atoms with Crippen molar-refractivity contribution in [3.05, 3.63) is 0 Å². The van der Waals surface area contributed by atoms with Crippen LogP contribution in [0.15, 0.2) is 0 Å². The molecule has 2 unspecified atom stereocenters. The lowest BCUT2D eigenvalue weighted by molar-refractivity contribution is -0.129. The summed E-state index contributed by atoms with van der Waals surface area (Å²) in [6.07, 6.45) is -0.563. The van der Waals surface area contributed by atoms with Gasteiger partial charge in [0.25, 0.3) is 0 Å². The molecule has 0 aromatic rings. The van der Waals surface area contributed by atoms with Crippen LogP contribution in [-0.4, -0.2) is 64.5 Å². The Morgan fingerprint density at radius 3 is 2.44 bits per heavy atom. The Kier molecular flexibility index (Phi) is 5.32. The second kappa shape index (κ2) is 6.82. The summed E-state index contributed by atoms with van der Waals surface area (Å²) in [5.74, 6) is -0.302. The molecule has 0 aliphatic carbocycles. The SMILES string of the molecule is CC1COC(=O)N1C(=O)CCC1COC(C)(C)N1C(=O)OC(C)(C)C. The second-order valence-electron chi connectivity index (χ2n) is 7.99. The van der Waals surface area contributed by atoms with Gasteiger partial charge in [-0.15, -0.1) is 0 Å². The minimum Gasteiger partial charge on any atom is -0.447 e. The normalized spacial score (nSPS) is 25.9. The number of amides is 3. The molecular weight excluding hydrogens is 328 g/mol. The van der Waals surface area contributed by atoms with Crippen LogP contribution in [0, 0.1) is 0 Å². The van der Waals surface area contributed by atoms with E-state index in [-0.39, 0.29) is 31.0 Å². The standard InChI is InChI=1S/C17H28N2O6/c1-11-9-23-14(21)18(11)13(20)8-7-12-10-24-17(5,6)19(12)15(22)25-16(2,3)4/h11-12H,7-10H2,1-6H3. The van der Waals surface area contributed by atoms with Crippen LogP contribution in [0.5, 0.6) is 0 Å². The molecule has 8 heteroatoms. The number of nitrogens with zero attached hydrogens (tertiary/aromatic N) is 2. The highest BCUT2D eigenvalue weighted by Gasteiger charge is 2.46. The summed E-state index contributed by atoms with van der Waals surface area (Å²) < 4.78 is 16.1. The smallest absolute Gasteiger partial charge is 0.416 e. The van der Waals surface area contributed by atoms with Gasteiger partial charge >= 0.3 is 12.2 Å². The van der Waals surface area contributed by atoms with Gasteiger partial charge in [0.15, 0.2) is 0 Å². The van der Waals surface area contributed by atoms with Gasteiger partial charge in [-0.05, 0) is 48.0 Å². The van der Waals surface area contributed by atoms with E-state index in [1.165, 1.54) is 4.90 Å². The highest BCUT2D eigenvalue weighted by Crippen LogP contribution is 2.31. The third-order valence-corrected chi connectivity index (χ3v) is 4.21. The molecule has 25 heavy (non-hydrogen) atoms. The Bertz CT molecular complexity index is 554. The fourth-order valence-corrected chi connectivity index (χ4v) is 3.05. The largest absolute Gasteiger partial charge is 0.447 e. The van der Waals surface area contributed by atoms with Crippen LogP contribution in [0.25, 0.3) is 0 Å². The summed E-state index contributed by atoms with van der Waals surface area (Å²) in [7, 11) is 0. The van der Waals surface area contributed by atoms with E-state index < -0.39 is 23.5 Å². The maximum Gasteiger partial charge on any atom is 0.416 e. The molecule has 2 rings (SSSR count). The minimum absolute atomic E-state index is 0.128. The molecule has 2 atom stereocenters. The van der Waals surface area contributed by atoms with Gasteiger partial charge in [-0.25, -0.2) is 14.5 Å². The third kappa shape index (κ3) is 4.42. The van der Waals surface area contributed by atoms with Crippen LogP contribution in [0.3, 0.4) is 0 Å². The van der Waals surface area contributed by atoms with Crippen molar-refractivity contribution in [1.29, 1.82) is 0 Å². The lowest BCUT2D eigenvalue weighted by Crippen LogP contribution is -2.50. The lowest BCUT2D eigenvalue weighted by Gasteiger charge is -2.35. The van der Waals surface area contributed by atoms with Gasteiger partial charge in [-0.3, -0.25) is 9.69 Å². The predicted molar refractivity (Wildman–Crippen MR) is 88.8 cm³/mol. The van der Waals surface area contributed by atoms with Crippen molar-refractivity contribution in [2.75, 3.05) is 13.2 Å². The summed E-state index contributed by atoms with van der Waals surface area (Å²) >= 11 is 0. The molecule has 0 aromatic heterocycles. The Morgan fingerprint density at radius 2 is 1.92 bits per heavy atom. The van der Waals surface area contributed by atoms with Gasteiger partial charge in [-0.1, -0.05) is 0 Å². The Balaban J connectivity index is 2.01. The molecule has 0 saturated carbocycles. The van der Waals surface area contributed by atoms with E-state index in [4.69, 9.17) is 14.2 Å². The number of ether oxygens (including phenoxy) is 3. The van der Waals surface area contributed by atoms with Gasteiger partial charge < -0.3 is 14.2 Å². The van der Waals surface area contributed by atoms with Gasteiger partial charge in [0, 0.05) is 6.42 Å². The fourth-order valence-electron chi connectivity index (χ4n) is 3.05. The van der Waals surface area contributed by atoms with Crippen LogP contribution >= 0.6 is 0 Å². The first-order chi connectivity index (χ1) is 11.4. The fraction of sp³-hybridized carbons (Fsp3) is 0.824. The molecule has 0 bridgehead atoms. The summed E-state index contributed by atoms with van der Waals surface area (Å²) in [4.78, 5) is 39.2. The van der Waals surface area contributed by atoms with E-state index in [9.17, 15) is 14.4 Å². The van der Waals surface area contributed by atoms with Gasteiger partial charge in [0.2, 0.25) is 5.91 Å². The molecule has 0 spiro atoms. The molecule has 142 valence electrons. The summed E-state index contributed by atoms with van der Waals surface area (Å²) in [6, 6.07) is -0.555. The van der Waals surface area contributed by atoms with Crippen molar-refractivity contribution >= 4 is 18.1 Å². The van der Waals surface area contributed by atoms with E-state index in [1.807, 2.05) is 0 Å². The monoisotopic (exact) mass is 356 g/mol. The van der Waals surface area contributed by atoms with Crippen molar-refractivity contribution in [2.24, 2.45) is 0 Å². The maximum absolute atomic E-state index is 12.5. The molecule has 2 aliphatic rings. The minimum atomic E-state index is -0.810. The Morgan fingerprint density at radius 1 is 1.28 bits per heavy atom. The van der Waals surface area contributed by atoms with Gasteiger partial charge in [0.05, 0.1) is 18.7 Å². The lowest BCUT2D eigenvalue weighted by atomic mass is 10.1. The van der Waals surface area contributed by atoms with Crippen LogP contribution in [0.1, 0.15) is 54.4 Å². The van der Waals surface area contributed by atoms with Crippen molar-refractivity contribution in [1.82, 2.24) is 9.80 Å². The first-order valence-corrected chi connectivity index (χ1v) is 8.57. The molecule has 0 radical (unpaired) electrons. The molecule has 2 fully saturated rings. The zero-order valence-corrected chi connectivity index (χ0v) is 15.8. The quantitative estimate of drug-likeness (QED) is 0.772. The number of rotatable bonds is 3. The van der Waals surface area contributed by atoms with Crippen molar-refractivity contribution < 1.29 is 28.6 Å². The zero-order valence-electron chi connectivity index (χ0n) is 15.8. The van der Waals surface area contributed by atoms with Crippen molar-refractivity contribution in [2.45, 2.75) is 77.8 Å². The van der Waals surface area contributed by atoms with Gasteiger partial charge in [0.1, 0.15) is 17.9 Å². The zero-order chi connectivity index (χ0) is 19.0. The van der Waals surface area contributed by atoms with Crippen LogP contribution < -0.4 is 0 Å². The number of hydrogen-bond acceptors (Lipinski definition) is 6. The summed E-state index contributed by atoms with van der Waals surface area (Å²) in [5.41, 5.74) is -1.43. The molecule has 3 amide bonds. The van der Waals surface area contributed by atoms with E-state index in [1.54, 1.807) is 41.5 Å². The number of imide groups is 1. The number of carbonyl (C=O) groups excluding carboxylic acids is 3. The summed E-state index contributed by atoms with van der Waals surface area (Å²) in [6.45, 7) is 11.3. The molecule has 2 saturated heterocycles. The molecule has 2 aliphatic heterocycles. The molecule has 2 heterocycles. The number of cyclic esters (lactones) is 1. The topological polar surface area (TPSA) is 85.4 Å². The molecule has 0 aromatic carbocycles. The van der Waals surface area contributed by atoms with Crippen LogP contribution in [0.4, 0.5) is 9.59 Å². The maximum atomic E-state index is 12.5. The predicted octanol–water partition coefficient (Wildman–Crippen LogP) is 2.51. The summed E-state index contributed by atoms with van der Waals surface area (Å²) in [5, 5.41) is 0. The first kappa shape index (κ1) is 19.5. The Labute approximate surface area is 148 Å². The highest BCUT2D eigenvalue weighted by atomic mass is 16.6. The average Bonchev–Trinajstić information content (AvgIpc) is 2.93. The Hall–Kier alpha value is -1.83. The van der Waals surface area contributed by atoms with Gasteiger partial charge in [-0.2, -0.15) is 0 Å². The number of carbonyl (C=O) groups is 3. The third-order valence-electron chi connectivity index (χ3n) is 4.21. The van der Waals surface area contributed by atoms with E-state index in [0.29, 0.717) is 13.0 Å². The molecule has 0 N–H and O–H groups in total. The van der Waals surface area contributed by atoms with Crippen LogP contribution in [0.2, 0.25) is 0 Å². The van der Waals surface area contributed by atoms with Crippen LogP contribution in [-0.2, 0) is 19.0 Å². The molecular formula is C17H28N2O6. The van der Waals surface area contributed by atoms with Crippen molar-refractivity contribution in [3.8, 4) is 0 Å². The number of hydrogen-bond donors (Lipinski definition) is 0. The second-order valence-corrected chi connectivity index (χ2v) is 7.99. The van der Waals surface area contributed by atoms with E-state index in [2.05, 4.69) is 0 Å². The van der Waals surface area contributed by atoms with Crippen molar-refractivity contribution in [3.63, 3.8) is 0 Å². The molecule has 8 nitrogen and oxygen atoms in total. The average molecular weight is 356 g/mol. The van der Waals surface area contributed by atoms with E-state index >= 15 is 0 Å². The first-order valence-electron chi connectivity index (χ1n) is 8.57. The highest BCUT2D eigenvalue weighted by molar-refractivity contribution is 5.93. The van der Waals surface area contributed by atoms with E-state index in [0.717, 1.165) is 4.90 Å².